The summed E-state index contributed by atoms with van der Waals surface area (Å²) >= 11 is 0. The van der Waals surface area contributed by atoms with Crippen molar-refractivity contribution >= 4 is 18.3 Å². The maximum Gasteiger partial charge on any atom is 0.227 e. The van der Waals surface area contributed by atoms with Gasteiger partial charge in [0, 0.05) is 13.1 Å². The molecule has 0 bridgehead atoms. The van der Waals surface area contributed by atoms with Crippen LogP contribution in [-0.4, -0.2) is 30.4 Å². The number of aryl methyl sites for hydroxylation is 1. The highest BCUT2D eigenvalue weighted by molar-refractivity contribution is 5.85. The molecule has 3 rings (SSSR count). The van der Waals surface area contributed by atoms with E-state index in [0.717, 1.165) is 38.9 Å². The van der Waals surface area contributed by atoms with E-state index >= 15 is 0 Å². The van der Waals surface area contributed by atoms with Gasteiger partial charge in [-0.1, -0.05) is 36.8 Å². The number of likely N-dealkylation sites (tertiary alicyclic amines) is 1. The molecule has 0 aromatic heterocycles. The lowest BCUT2D eigenvalue weighted by molar-refractivity contribution is -0.141. The fourth-order valence-corrected chi connectivity index (χ4v) is 4.00. The van der Waals surface area contributed by atoms with E-state index in [1.54, 1.807) is 0 Å². The second kappa shape index (κ2) is 8.16. The quantitative estimate of drug-likeness (QED) is 0.892. The van der Waals surface area contributed by atoms with E-state index in [1.165, 1.54) is 17.5 Å². The molecule has 3 unspecified atom stereocenters. The molecule has 0 radical (unpaired) electrons. The summed E-state index contributed by atoms with van der Waals surface area (Å²) in [6.07, 6.45) is 4.51. The van der Waals surface area contributed by atoms with E-state index < -0.39 is 0 Å². The van der Waals surface area contributed by atoms with Crippen molar-refractivity contribution in [1.82, 2.24) is 10.2 Å². The predicted octanol–water partition coefficient (Wildman–Crippen LogP) is 3.72. The van der Waals surface area contributed by atoms with Crippen molar-refractivity contribution in [2.24, 2.45) is 11.8 Å². The smallest absolute Gasteiger partial charge is 0.227 e. The lowest BCUT2D eigenvalue weighted by atomic mass is 9.84. The largest absolute Gasteiger partial charge is 0.335 e. The number of halogens is 1. The third-order valence-electron chi connectivity index (χ3n) is 5.28. The number of piperidine rings is 2. The molecule has 2 saturated heterocycles. The van der Waals surface area contributed by atoms with Crippen molar-refractivity contribution in [3.8, 4) is 0 Å². The molecule has 128 valence electrons. The minimum absolute atomic E-state index is 0. The van der Waals surface area contributed by atoms with Gasteiger partial charge in [-0.15, -0.1) is 12.4 Å². The Morgan fingerprint density at radius 2 is 1.91 bits per heavy atom. The molecular weight excluding hydrogens is 308 g/mol. The fourth-order valence-electron chi connectivity index (χ4n) is 4.00. The number of carbonyl (C=O) groups is 1. The molecule has 3 atom stereocenters. The van der Waals surface area contributed by atoms with Crippen LogP contribution in [0.2, 0.25) is 0 Å². The number of nitrogens with zero attached hydrogens (tertiary/aromatic N) is 1. The van der Waals surface area contributed by atoms with Gasteiger partial charge in [0.2, 0.25) is 5.91 Å². The highest BCUT2D eigenvalue weighted by Gasteiger charge is 2.36. The number of rotatable bonds is 2. The Kier molecular flexibility index (Phi) is 6.49. The van der Waals surface area contributed by atoms with E-state index in [2.05, 4.69) is 48.3 Å². The Labute approximate surface area is 146 Å². The van der Waals surface area contributed by atoms with Gasteiger partial charge in [0.05, 0.1) is 12.0 Å². The Hall–Kier alpha value is -1.06. The zero-order chi connectivity index (χ0) is 15.5. The van der Waals surface area contributed by atoms with Crippen LogP contribution in [0.15, 0.2) is 24.3 Å². The van der Waals surface area contributed by atoms with Crippen LogP contribution in [0.25, 0.3) is 0 Å². The zero-order valence-electron chi connectivity index (χ0n) is 14.3. The summed E-state index contributed by atoms with van der Waals surface area (Å²) in [4.78, 5) is 15.2. The molecule has 2 aliphatic heterocycles. The van der Waals surface area contributed by atoms with Gasteiger partial charge in [0.25, 0.3) is 0 Å². The second-order valence-corrected chi connectivity index (χ2v) is 7.05. The summed E-state index contributed by atoms with van der Waals surface area (Å²) in [5.74, 6) is 1.08. The van der Waals surface area contributed by atoms with Gasteiger partial charge in [-0.25, -0.2) is 0 Å². The van der Waals surface area contributed by atoms with Crippen LogP contribution in [0.5, 0.6) is 0 Å². The molecule has 0 aliphatic carbocycles. The fraction of sp³-hybridized carbons (Fsp3) is 0.632. The van der Waals surface area contributed by atoms with E-state index in [0.29, 0.717) is 11.8 Å². The summed E-state index contributed by atoms with van der Waals surface area (Å²) in [6, 6.07) is 9.01. The van der Waals surface area contributed by atoms with Crippen LogP contribution in [0.3, 0.4) is 0 Å². The average Bonchev–Trinajstić information content (AvgIpc) is 2.56. The third kappa shape index (κ3) is 4.07. The molecule has 2 heterocycles. The van der Waals surface area contributed by atoms with E-state index in [-0.39, 0.29) is 24.4 Å². The van der Waals surface area contributed by atoms with Crippen molar-refractivity contribution in [1.29, 1.82) is 0 Å². The molecule has 0 saturated carbocycles. The Morgan fingerprint density at radius 3 is 2.57 bits per heavy atom. The van der Waals surface area contributed by atoms with E-state index in [1.807, 2.05) is 0 Å². The van der Waals surface area contributed by atoms with Crippen molar-refractivity contribution in [3.05, 3.63) is 35.4 Å². The molecule has 3 nitrogen and oxygen atoms in total. The molecule has 1 amide bonds. The van der Waals surface area contributed by atoms with Gasteiger partial charge < -0.3 is 10.2 Å². The van der Waals surface area contributed by atoms with Crippen LogP contribution in [0, 0.1) is 18.8 Å². The van der Waals surface area contributed by atoms with Gasteiger partial charge in [-0.2, -0.15) is 0 Å². The van der Waals surface area contributed by atoms with Crippen LogP contribution < -0.4 is 5.32 Å². The van der Waals surface area contributed by atoms with E-state index in [4.69, 9.17) is 0 Å². The van der Waals surface area contributed by atoms with Crippen LogP contribution >= 0.6 is 12.4 Å². The van der Waals surface area contributed by atoms with E-state index in [9.17, 15) is 4.79 Å². The predicted molar refractivity (Wildman–Crippen MR) is 96.9 cm³/mol. The first-order valence-corrected chi connectivity index (χ1v) is 8.74. The number of benzene rings is 1. The molecule has 0 spiro atoms. The first kappa shape index (κ1) is 18.3. The second-order valence-electron chi connectivity index (χ2n) is 7.05. The first-order chi connectivity index (χ1) is 10.7. The first-order valence-electron chi connectivity index (χ1n) is 8.74. The summed E-state index contributed by atoms with van der Waals surface area (Å²) < 4.78 is 0. The average molecular weight is 337 g/mol. The number of amides is 1. The Balaban J connectivity index is 0.00000192. The molecule has 1 N–H and O–H groups in total. The third-order valence-corrected chi connectivity index (χ3v) is 5.28. The minimum atomic E-state index is 0. The Bertz CT molecular complexity index is 511. The number of hydrogen-bond acceptors (Lipinski definition) is 2. The maximum atomic E-state index is 13.0. The highest BCUT2D eigenvalue weighted by atomic mass is 35.5. The van der Waals surface area contributed by atoms with Crippen LogP contribution in [0.4, 0.5) is 0 Å². The van der Waals surface area contributed by atoms with Crippen molar-refractivity contribution in [2.45, 2.75) is 45.6 Å². The zero-order valence-corrected chi connectivity index (χ0v) is 15.1. The molecule has 1 aromatic carbocycles. The molecular formula is C19H29ClN2O. The summed E-state index contributed by atoms with van der Waals surface area (Å²) in [5.41, 5.74) is 2.58. The molecule has 4 heteroatoms. The summed E-state index contributed by atoms with van der Waals surface area (Å²) in [7, 11) is 0. The van der Waals surface area contributed by atoms with Crippen LogP contribution in [0.1, 0.15) is 49.8 Å². The van der Waals surface area contributed by atoms with Gasteiger partial charge >= 0.3 is 0 Å². The molecule has 2 fully saturated rings. The standard InChI is InChI=1S/C19H28N2O.ClH/c1-14-7-9-16(10-8-14)18-15(2)5-4-12-21(18)19(22)17-6-3-11-20-13-17;/h7-10,15,17-18,20H,3-6,11-13H2,1-2H3;1H. The van der Waals surface area contributed by atoms with Crippen molar-refractivity contribution < 1.29 is 4.79 Å². The molecule has 23 heavy (non-hydrogen) atoms. The lowest BCUT2D eigenvalue weighted by Crippen LogP contribution is -2.48. The van der Waals surface area contributed by atoms with Crippen molar-refractivity contribution in [3.63, 3.8) is 0 Å². The van der Waals surface area contributed by atoms with Crippen molar-refractivity contribution in [2.75, 3.05) is 19.6 Å². The lowest BCUT2D eigenvalue weighted by Gasteiger charge is -2.42. The normalized spacial score (nSPS) is 28.1. The topological polar surface area (TPSA) is 32.3 Å². The minimum Gasteiger partial charge on any atom is -0.335 e. The molecule has 1 aromatic rings. The maximum absolute atomic E-state index is 13.0. The summed E-state index contributed by atoms with van der Waals surface area (Å²) in [6.45, 7) is 7.23. The monoisotopic (exact) mass is 336 g/mol. The SMILES string of the molecule is Cc1ccc(C2C(C)CCCN2C(=O)C2CCCNC2)cc1.Cl. The number of carbonyl (C=O) groups excluding carboxylic acids is 1. The Morgan fingerprint density at radius 1 is 1.17 bits per heavy atom. The number of hydrogen-bond donors (Lipinski definition) is 1. The number of nitrogens with one attached hydrogen (secondary N) is 1. The van der Waals surface area contributed by atoms with Gasteiger partial charge in [0.15, 0.2) is 0 Å². The van der Waals surface area contributed by atoms with Gasteiger partial charge in [-0.3, -0.25) is 4.79 Å². The van der Waals surface area contributed by atoms with Crippen LogP contribution in [-0.2, 0) is 4.79 Å². The molecule has 2 aliphatic rings. The summed E-state index contributed by atoms with van der Waals surface area (Å²) in [5, 5.41) is 3.38. The van der Waals surface area contributed by atoms with Gasteiger partial charge in [0.1, 0.15) is 0 Å². The van der Waals surface area contributed by atoms with Gasteiger partial charge in [-0.05, 0) is 50.6 Å². The highest BCUT2D eigenvalue weighted by Crippen LogP contribution is 2.37.